The molecule has 0 radical (unpaired) electrons. The third kappa shape index (κ3) is 2.21. The molecule has 0 aliphatic rings. The number of ether oxygens (including phenoxy) is 1. The predicted molar refractivity (Wildman–Crippen MR) is 61.0 cm³/mol. The van der Waals surface area contributed by atoms with E-state index in [9.17, 15) is 4.79 Å². The van der Waals surface area contributed by atoms with Gasteiger partial charge in [0.2, 0.25) is 0 Å². The van der Waals surface area contributed by atoms with Crippen LogP contribution in [0.4, 0.5) is 0 Å². The highest BCUT2D eigenvalue weighted by Gasteiger charge is 2.10. The quantitative estimate of drug-likeness (QED) is 0.803. The summed E-state index contributed by atoms with van der Waals surface area (Å²) in [6.07, 6.45) is 1.95. The Kier molecular flexibility index (Phi) is 3.19. The molecule has 84 valence electrons. The van der Waals surface area contributed by atoms with Gasteiger partial charge in [-0.1, -0.05) is 15.9 Å². The van der Waals surface area contributed by atoms with Crippen LogP contribution in [-0.4, -0.2) is 27.2 Å². The molecule has 16 heavy (non-hydrogen) atoms. The van der Waals surface area contributed by atoms with Crippen molar-refractivity contribution in [2.24, 2.45) is 0 Å². The van der Waals surface area contributed by atoms with Crippen molar-refractivity contribution in [1.82, 2.24) is 14.6 Å². The van der Waals surface area contributed by atoms with Crippen LogP contribution < -0.4 is 0 Å². The number of carbonyl (C=O) groups is 1. The van der Waals surface area contributed by atoms with Crippen LogP contribution in [0.2, 0.25) is 0 Å². The van der Waals surface area contributed by atoms with E-state index in [0.29, 0.717) is 18.1 Å². The largest absolute Gasteiger partial charge is 0.466 e. The minimum absolute atomic E-state index is 0.136. The first-order valence-corrected chi connectivity index (χ1v) is 5.65. The lowest BCUT2D eigenvalue weighted by molar-refractivity contribution is -0.142. The number of fused-ring (bicyclic) bond motifs is 1. The molecule has 2 aromatic rings. The van der Waals surface area contributed by atoms with E-state index < -0.39 is 0 Å². The van der Waals surface area contributed by atoms with Gasteiger partial charge in [-0.15, -0.1) is 10.2 Å². The minimum atomic E-state index is -0.292. The molecule has 0 spiro atoms. The SMILES string of the molecule is CCOC(=O)Cc1nnc2cc(Br)ccn12. The number of nitrogens with zero attached hydrogens (tertiary/aromatic N) is 3. The highest BCUT2D eigenvalue weighted by Crippen LogP contribution is 2.12. The van der Waals surface area contributed by atoms with E-state index in [4.69, 9.17) is 4.74 Å². The zero-order chi connectivity index (χ0) is 11.5. The Hall–Kier alpha value is -1.43. The number of rotatable bonds is 3. The van der Waals surface area contributed by atoms with Gasteiger partial charge in [0.25, 0.3) is 0 Å². The van der Waals surface area contributed by atoms with E-state index >= 15 is 0 Å². The smallest absolute Gasteiger partial charge is 0.313 e. The maximum atomic E-state index is 11.3. The third-order valence-corrected chi connectivity index (χ3v) is 2.54. The molecule has 0 aromatic carbocycles. The van der Waals surface area contributed by atoms with E-state index in [1.165, 1.54) is 0 Å². The summed E-state index contributed by atoms with van der Waals surface area (Å²) in [4.78, 5) is 11.3. The molecule has 0 unspecified atom stereocenters. The molecular formula is C10H10BrN3O2. The highest BCUT2D eigenvalue weighted by molar-refractivity contribution is 9.10. The van der Waals surface area contributed by atoms with Crippen LogP contribution >= 0.6 is 15.9 Å². The molecule has 0 fully saturated rings. The summed E-state index contributed by atoms with van der Waals surface area (Å²) in [5.74, 6) is 0.292. The Labute approximate surface area is 101 Å². The molecule has 0 aliphatic heterocycles. The van der Waals surface area contributed by atoms with Gasteiger partial charge in [0, 0.05) is 10.7 Å². The second-order valence-electron chi connectivity index (χ2n) is 3.17. The van der Waals surface area contributed by atoms with Crippen molar-refractivity contribution < 1.29 is 9.53 Å². The summed E-state index contributed by atoms with van der Waals surface area (Å²) in [5, 5.41) is 7.92. The number of hydrogen-bond donors (Lipinski definition) is 0. The molecule has 0 amide bonds. The number of hydrogen-bond acceptors (Lipinski definition) is 4. The van der Waals surface area contributed by atoms with Crippen LogP contribution in [0.3, 0.4) is 0 Å². The molecule has 2 heterocycles. The summed E-state index contributed by atoms with van der Waals surface area (Å²) in [7, 11) is 0. The lowest BCUT2D eigenvalue weighted by Gasteiger charge is -2.00. The molecule has 2 aromatic heterocycles. The lowest BCUT2D eigenvalue weighted by atomic mass is 10.4. The van der Waals surface area contributed by atoms with Gasteiger partial charge in [-0.2, -0.15) is 0 Å². The molecule has 0 saturated heterocycles. The second-order valence-corrected chi connectivity index (χ2v) is 4.09. The molecule has 0 atom stereocenters. The van der Waals surface area contributed by atoms with Crippen LogP contribution in [0.1, 0.15) is 12.7 Å². The molecule has 0 aliphatic carbocycles. The maximum Gasteiger partial charge on any atom is 0.313 e. The van der Waals surface area contributed by atoms with Crippen LogP contribution in [0.15, 0.2) is 22.8 Å². The van der Waals surface area contributed by atoms with Crippen molar-refractivity contribution in [3.8, 4) is 0 Å². The van der Waals surface area contributed by atoms with Crippen molar-refractivity contribution in [2.75, 3.05) is 6.61 Å². The lowest BCUT2D eigenvalue weighted by Crippen LogP contribution is -2.10. The molecule has 2 rings (SSSR count). The van der Waals surface area contributed by atoms with Crippen LogP contribution in [0.5, 0.6) is 0 Å². The Morgan fingerprint density at radius 3 is 3.12 bits per heavy atom. The summed E-state index contributed by atoms with van der Waals surface area (Å²) < 4.78 is 7.55. The summed E-state index contributed by atoms with van der Waals surface area (Å²) in [5.41, 5.74) is 0.702. The van der Waals surface area contributed by atoms with E-state index in [2.05, 4.69) is 26.1 Å². The van der Waals surface area contributed by atoms with Crippen LogP contribution in [0.25, 0.3) is 5.65 Å². The van der Waals surface area contributed by atoms with Gasteiger partial charge in [0.05, 0.1) is 6.61 Å². The van der Waals surface area contributed by atoms with Gasteiger partial charge in [-0.3, -0.25) is 9.20 Å². The maximum absolute atomic E-state index is 11.3. The first kappa shape index (κ1) is 11.1. The van der Waals surface area contributed by atoms with Crippen molar-refractivity contribution in [3.05, 3.63) is 28.6 Å². The van der Waals surface area contributed by atoms with E-state index in [-0.39, 0.29) is 12.4 Å². The van der Waals surface area contributed by atoms with Gasteiger partial charge < -0.3 is 4.74 Å². The highest BCUT2D eigenvalue weighted by atomic mass is 79.9. The van der Waals surface area contributed by atoms with Gasteiger partial charge >= 0.3 is 5.97 Å². The first-order chi connectivity index (χ1) is 7.70. The summed E-state index contributed by atoms with van der Waals surface area (Å²) in [6.45, 7) is 2.15. The van der Waals surface area contributed by atoms with E-state index in [0.717, 1.165) is 4.47 Å². The van der Waals surface area contributed by atoms with E-state index in [1.807, 2.05) is 18.3 Å². The molecule has 6 heteroatoms. The van der Waals surface area contributed by atoms with Gasteiger partial charge in [-0.25, -0.2) is 0 Å². The average molecular weight is 284 g/mol. The normalized spacial score (nSPS) is 10.6. The molecule has 0 saturated carbocycles. The number of pyridine rings is 1. The van der Waals surface area contributed by atoms with Gasteiger partial charge in [0.1, 0.15) is 12.2 Å². The average Bonchev–Trinajstić information content (AvgIpc) is 2.61. The minimum Gasteiger partial charge on any atom is -0.466 e. The Morgan fingerprint density at radius 1 is 1.56 bits per heavy atom. The monoisotopic (exact) mass is 283 g/mol. The van der Waals surface area contributed by atoms with Crippen molar-refractivity contribution in [3.63, 3.8) is 0 Å². The number of aromatic nitrogens is 3. The van der Waals surface area contributed by atoms with Gasteiger partial charge in [0.15, 0.2) is 5.65 Å². The van der Waals surface area contributed by atoms with Gasteiger partial charge in [-0.05, 0) is 19.1 Å². The van der Waals surface area contributed by atoms with Crippen LogP contribution in [0, 0.1) is 0 Å². The van der Waals surface area contributed by atoms with Crippen molar-refractivity contribution in [2.45, 2.75) is 13.3 Å². The fourth-order valence-electron chi connectivity index (χ4n) is 1.38. The predicted octanol–water partition coefficient (Wildman–Crippen LogP) is 1.60. The molecule has 0 bridgehead atoms. The Balaban J connectivity index is 2.28. The Bertz CT molecular complexity index is 524. The van der Waals surface area contributed by atoms with Crippen LogP contribution in [-0.2, 0) is 16.0 Å². The Morgan fingerprint density at radius 2 is 2.38 bits per heavy atom. The standard InChI is InChI=1S/C10H10BrN3O2/c1-2-16-10(15)6-9-13-12-8-5-7(11)3-4-14(8)9/h3-5H,2,6H2,1H3. The van der Waals surface area contributed by atoms with E-state index in [1.54, 1.807) is 11.3 Å². The van der Waals surface area contributed by atoms with Crippen molar-refractivity contribution in [1.29, 1.82) is 0 Å². The first-order valence-electron chi connectivity index (χ1n) is 4.85. The number of esters is 1. The number of halogens is 1. The summed E-state index contributed by atoms with van der Waals surface area (Å²) in [6, 6.07) is 3.70. The fourth-order valence-corrected chi connectivity index (χ4v) is 1.70. The number of carbonyl (C=O) groups excluding carboxylic acids is 1. The zero-order valence-corrected chi connectivity index (χ0v) is 10.3. The topological polar surface area (TPSA) is 56.5 Å². The zero-order valence-electron chi connectivity index (χ0n) is 8.68. The van der Waals surface area contributed by atoms with Crippen molar-refractivity contribution >= 4 is 27.5 Å². The molecule has 0 N–H and O–H groups in total. The molecule has 5 nitrogen and oxygen atoms in total. The fraction of sp³-hybridized carbons (Fsp3) is 0.300. The second kappa shape index (κ2) is 4.61. The summed E-state index contributed by atoms with van der Waals surface area (Å²) >= 11 is 3.34. The third-order valence-electron chi connectivity index (χ3n) is 2.05. The molecular weight excluding hydrogens is 274 g/mol.